The summed E-state index contributed by atoms with van der Waals surface area (Å²) >= 11 is 1.09. The normalized spacial score (nSPS) is 14.3. The number of aromatic amines is 1. The summed E-state index contributed by atoms with van der Waals surface area (Å²) in [6.45, 7) is 5.84. The number of carbonyl (C=O) groups excluding carboxylic acids is 1. The number of thiophene rings is 1. The van der Waals surface area contributed by atoms with Gasteiger partial charge in [0.15, 0.2) is 15.6 Å². The Balaban J connectivity index is 1.28. The van der Waals surface area contributed by atoms with Gasteiger partial charge in [0.05, 0.1) is 16.6 Å². The van der Waals surface area contributed by atoms with Crippen LogP contribution < -0.4 is 16.6 Å². The summed E-state index contributed by atoms with van der Waals surface area (Å²) in [5, 5.41) is 3.56. The molecule has 5 rings (SSSR count). The standard InChI is InChI=1S/C30H33FN4O5S2/c1-20-6-11-28(41-20)42(39,40)19-23(36)16-21-7-10-27(25(31)17-21)35-29(37)24-9-8-22(18-26(24)33-30(35)38)32-12-5-15-34-13-3-2-4-14-34/h6-11,17-18,32H,2-5,12-16,19H2,1H3,(H,33,38). The predicted molar refractivity (Wildman–Crippen MR) is 163 cm³/mol. The van der Waals surface area contributed by atoms with Crippen LogP contribution in [0.2, 0.25) is 0 Å². The van der Waals surface area contributed by atoms with Gasteiger partial charge in [-0.25, -0.2) is 22.2 Å². The Morgan fingerprint density at radius 2 is 1.83 bits per heavy atom. The van der Waals surface area contributed by atoms with E-state index in [-0.39, 0.29) is 27.3 Å². The average molecular weight is 613 g/mol. The molecule has 9 nitrogen and oxygen atoms in total. The summed E-state index contributed by atoms with van der Waals surface area (Å²) in [5.74, 6) is -2.17. The lowest BCUT2D eigenvalue weighted by Gasteiger charge is -2.26. The highest BCUT2D eigenvalue weighted by Crippen LogP contribution is 2.23. The average Bonchev–Trinajstić information content (AvgIpc) is 3.40. The van der Waals surface area contributed by atoms with E-state index in [1.165, 1.54) is 37.5 Å². The van der Waals surface area contributed by atoms with Gasteiger partial charge in [0.1, 0.15) is 15.8 Å². The summed E-state index contributed by atoms with van der Waals surface area (Å²) in [6, 6.07) is 11.9. The third-order valence-electron chi connectivity index (χ3n) is 7.35. The van der Waals surface area contributed by atoms with Crippen molar-refractivity contribution in [3.05, 3.63) is 85.6 Å². The van der Waals surface area contributed by atoms with Crippen molar-refractivity contribution in [1.82, 2.24) is 14.5 Å². The zero-order valence-electron chi connectivity index (χ0n) is 23.3. The van der Waals surface area contributed by atoms with Crippen LogP contribution in [0, 0.1) is 12.7 Å². The van der Waals surface area contributed by atoms with Gasteiger partial charge in [-0.05, 0) is 93.8 Å². The molecular weight excluding hydrogens is 579 g/mol. The predicted octanol–water partition coefficient (Wildman–Crippen LogP) is 4.06. The van der Waals surface area contributed by atoms with E-state index in [4.69, 9.17) is 0 Å². The second kappa shape index (κ2) is 12.7. The highest BCUT2D eigenvalue weighted by molar-refractivity contribution is 7.94. The minimum atomic E-state index is -3.79. The number of aryl methyl sites for hydroxylation is 1. The van der Waals surface area contributed by atoms with Gasteiger partial charge in [-0.1, -0.05) is 12.5 Å². The Bertz CT molecular complexity index is 1840. The third-order valence-corrected chi connectivity index (χ3v) is 10.6. The van der Waals surface area contributed by atoms with E-state index in [2.05, 4.69) is 15.2 Å². The number of likely N-dealkylation sites (tertiary alicyclic amines) is 1. The zero-order chi connectivity index (χ0) is 29.9. The van der Waals surface area contributed by atoms with E-state index in [0.717, 1.165) is 65.1 Å². The summed E-state index contributed by atoms with van der Waals surface area (Å²) in [7, 11) is -3.79. The first-order chi connectivity index (χ1) is 20.1. The number of nitrogens with one attached hydrogen (secondary N) is 2. The maximum Gasteiger partial charge on any atom is 0.333 e. The van der Waals surface area contributed by atoms with Gasteiger partial charge < -0.3 is 15.2 Å². The lowest BCUT2D eigenvalue weighted by atomic mass is 10.1. The smallest absolute Gasteiger partial charge is 0.333 e. The Hall–Kier alpha value is -3.61. The Morgan fingerprint density at radius 1 is 1.05 bits per heavy atom. The Labute approximate surface area is 246 Å². The van der Waals surface area contributed by atoms with Crippen molar-refractivity contribution >= 4 is 43.5 Å². The van der Waals surface area contributed by atoms with Crippen LogP contribution in [0.15, 0.2) is 62.3 Å². The lowest BCUT2D eigenvalue weighted by Crippen LogP contribution is -2.34. The van der Waals surface area contributed by atoms with E-state index >= 15 is 4.39 Å². The van der Waals surface area contributed by atoms with Crippen molar-refractivity contribution < 1.29 is 17.6 Å². The highest BCUT2D eigenvalue weighted by Gasteiger charge is 2.22. The number of ketones is 1. The van der Waals surface area contributed by atoms with Crippen LogP contribution in [0.25, 0.3) is 16.6 Å². The first kappa shape index (κ1) is 29.9. The number of aromatic nitrogens is 2. The summed E-state index contributed by atoms with van der Waals surface area (Å²) < 4.78 is 41.0. The molecule has 1 saturated heterocycles. The highest BCUT2D eigenvalue weighted by atomic mass is 32.2. The number of hydrogen-bond acceptors (Lipinski definition) is 8. The van der Waals surface area contributed by atoms with Gasteiger partial charge >= 0.3 is 5.69 Å². The molecule has 2 aromatic heterocycles. The molecule has 1 fully saturated rings. The Kier molecular flexibility index (Phi) is 9.05. The molecule has 4 aromatic rings. The molecule has 222 valence electrons. The van der Waals surface area contributed by atoms with Gasteiger partial charge in [0.25, 0.3) is 5.56 Å². The van der Waals surface area contributed by atoms with Crippen LogP contribution in [0.4, 0.5) is 10.1 Å². The number of benzene rings is 2. The third kappa shape index (κ3) is 6.88. The fraction of sp³-hybridized carbons (Fsp3) is 0.367. The lowest BCUT2D eigenvalue weighted by molar-refractivity contribution is -0.116. The second-order valence-corrected chi connectivity index (χ2v) is 14.1. The Morgan fingerprint density at radius 3 is 2.55 bits per heavy atom. The number of H-pyrrole nitrogens is 1. The summed E-state index contributed by atoms with van der Waals surface area (Å²) in [6.07, 6.45) is 4.46. The van der Waals surface area contributed by atoms with Crippen molar-refractivity contribution in [3.8, 4) is 5.69 Å². The fourth-order valence-corrected chi connectivity index (χ4v) is 7.86. The van der Waals surface area contributed by atoms with E-state index in [9.17, 15) is 22.8 Å². The molecule has 0 atom stereocenters. The molecule has 0 radical (unpaired) electrons. The molecule has 0 spiro atoms. The molecule has 3 heterocycles. The number of Topliss-reactive ketones (excluding diaryl/α,β-unsaturated/α-hetero) is 1. The minimum absolute atomic E-state index is 0.112. The molecule has 2 N–H and O–H groups in total. The number of carbonyl (C=O) groups is 1. The molecule has 42 heavy (non-hydrogen) atoms. The van der Waals surface area contributed by atoms with Gasteiger partial charge in [0.2, 0.25) is 0 Å². The van der Waals surface area contributed by atoms with Crippen LogP contribution in [0.3, 0.4) is 0 Å². The minimum Gasteiger partial charge on any atom is -0.385 e. The molecule has 0 amide bonds. The monoisotopic (exact) mass is 612 g/mol. The first-order valence-electron chi connectivity index (χ1n) is 14.0. The molecule has 1 aliphatic rings. The van der Waals surface area contributed by atoms with E-state index in [1.807, 2.05) is 0 Å². The number of hydrogen-bond donors (Lipinski definition) is 2. The molecular formula is C30H33FN4O5S2. The van der Waals surface area contributed by atoms with Crippen molar-refractivity contribution in [1.29, 1.82) is 0 Å². The first-order valence-corrected chi connectivity index (χ1v) is 16.4. The maximum absolute atomic E-state index is 15.2. The van der Waals surface area contributed by atoms with Crippen LogP contribution in [0.1, 0.15) is 36.1 Å². The van der Waals surface area contributed by atoms with Crippen molar-refractivity contribution in [2.45, 2.75) is 43.2 Å². The van der Waals surface area contributed by atoms with E-state index in [0.29, 0.717) is 5.52 Å². The van der Waals surface area contributed by atoms with E-state index in [1.54, 1.807) is 31.2 Å². The zero-order valence-corrected chi connectivity index (χ0v) is 25.0. The number of sulfone groups is 1. The topological polar surface area (TPSA) is 121 Å². The molecule has 12 heteroatoms. The van der Waals surface area contributed by atoms with Crippen LogP contribution in [-0.4, -0.2) is 60.6 Å². The van der Waals surface area contributed by atoms with E-state index < -0.39 is 38.4 Å². The molecule has 0 bridgehead atoms. The molecule has 0 unspecified atom stereocenters. The largest absolute Gasteiger partial charge is 0.385 e. The molecule has 1 aliphatic heterocycles. The number of piperidine rings is 1. The van der Waals surface area contributed by atoms with Gasteiger partial charge in [0, 0.05) is 23.5 Å². The quantitative estimate of drug-likeness (QED) is 0.245. The molecule has 2 aromatic carbocycles. The summed E-state index contributed by atoms with van der Waals surface area (Å²) in [4.78, 5) is 44.6. The van der Waals surface area contributed by atoms with Crippen LogP contribution in [-0.2, 0) is 21.1 Å². The fourth-order valence-electron chi connectivity index (χ4n) is 5.25. The van der Waals surface area contributed by atoms with Crippen LogP contribution in [0.5, 0.6) is 0 Å². The second-order valence-electron chi connectivity index (χ2n) is 10.6. The van der Waals surface area contributed by atoms with Crippen molar-refractivity contribution in [3.63, 3.8) is 0 Å². The number of nitrogens with zero attached hydrogens (tertiary/aromatic N) is 2. The van der Waals surface area contributed by atoms with Crippen molar-refractivity contribution in [2.75, 3.05) is 37.2 Å². The van der Waals surface area contributed by atoms with Gasteiger partial charge in [-0.2, -0.15) is 0 Å². The molecule has 0 saturated carbocycles. The SMILES string of the molecule is Cc1ccc(S(=O)(=O)CC(=O)Cc2ccc(-n3c(=O)[nH]c4cc(NCCCN5CCCCC5)ccc4c3=O)c(F)c2)s1. The number of anilines is 1. The number of rotatable bonds is 11. The van der Waals surface area contributed by atoms with Crippen molar-refractivity contribution in [2.24, 2.45) is 0 Å². The maximum atomic E-state index is 15.2. The van der Waals surface area contributed by atoms with Gasteiger partial charge in [-0.15, -0.1) is 11.3 Å². The summed E-state index contributed by atoms with van der Waals surface area (Å²) in [5.41, 5.74) is -0.390. The van der Waals surface area contributed by atoms with Gasteiger partial charge in [-0.3, -0.25) is 9.59 Å². The van der Waals surface area contributed by atoms with Crippen LogP contribution >= 0.6 is 11.3 Å². The number of fused-ring (bicyclic) bond motifs is 1. The molecule has 0 aliphatic carbocycles. The number of halogens is 1.